The molecule has 0 amide bonds. The lowest BCUT2D eigenvalue weighted by Crippen LogP contribution is -2.26. The van der Waals surface area contributed by atoms with E-state index >= 15 is 0 Å². The second kappa shape index (κ2) is 5.46. The number of aliphatic hydroxyl groups excluding tert-OH is 1. The van der Waals surface area contributed by atoms with Crippen LogP contribution in [-0.2, 0) is 6.54 Å². The van der Waals surface area contributed by atoms with Crippen LogP contribution in [-0.4, -0.2) is 17.8 Å². The fourth-order valence-corrected chi connectivity index (χ4v) is 1.96. The Kier molecular flexibility index (Phi) is 3.97. The number of hydrogen-bond donors (Lipinski definition) is 2. The minimum Gasteiger partial charge on any atom is -0.396 e. The first kappa shape index (κ1) is 11.6. The molecule has 1 aromatic carbocycles. The van der Waals surface area contributed by atoms with Crippen LogP contribution in [0.15, 0.2) is 24.3 Å². The lowest BCUT2D eigenvalue weighted by atomic mass is 10.1. The lowest BCUT2D eigenvalue weighted by Gasteiger charge is -2.12. The van der Waals surface area contributed by atoms with Gasteiger partial charge in [0.2, 0.25) is 0 Å². The van der Waals surface area contributed by atoms with Crippen molar-refractivity contribution in [3.05, 3.63) is 35.4 Å². The van der Waals surface area contributed by atoms with E-state index in [1.165, 1.54) is 24.0 Å². The van der Waals surface area contributed by atoms with Gasteiger partial charge in [-0.2, -0.15) is 0 Å². The number of aliphatic hydroxyl groups is 1. The van der Waals surface area contributed by atoms with Crippen molar-refractivity contribution in [2.24, 2.45) is 0 Å². The Hall–Kier alpha value is -0.860. The summed E-state index contributed by atoms with van der Waals surface area (Å²) in [6, 6.07) is 9.26. The summed E-state index contributed by atoms with van der Waals surface area (Å²) in [5, 5.41) is 12.2. The number of benzene rings is 1. The van der Waals surface area contributed by atoms with Gasteiger partial charge < -0.3 is 10.4 Å². The first-order valence-corrected chi connectivity index (χ1v) is 6.22. The van der Waals surface area contributed by atoms with Crippen LogP contribution in [0.3, 0.4) is 0 Å². The van der Waals surface area contributed by atoms with Crippen LogP contribution in [0.5, 0.6) is 0 Å². The molecule has 1 saturated carbocycles. The van der Waals surface area contributed by atoms with Crippen LogP contribution < -0.4 is 5.32 Å². The maximum absolute atomic E-state index is 8.82. The number of rotatable bonds is 6. The van der Waals surface area contributed by atoms with Crippen molar-refractivity contribution in [1.82, 2.24) is 5.32 Å². The van der Waals surface area contributed by atoms with E-state index in [2.05, 4.69) is 36.5 Å². The smallest absolute Gasteiger partial charge is 0.0445 e. The van der Waals surface area contributed by atoms with Gasteiger partial charge in [-0.1, -0.05) is 24.3 Å². The zero-order chi connectivity index (χ0) is 11.4. The average Bonchev–Trinajstić information content (AvgIpc) is 3.11. The summed E-state index contributed by atoms with van der Waals surface area (Å²) in [4.78, 5) is 0. The van der Waals surface area contributed by atoms with Crippen molar-refractivity contribution < 1.29 is 5.11 Å². The van der Waals surface area contributed by atoms with E-state index in [1.54, 1.807) is 0 Å². The molecule has 16 heavy (non-hydrogen) atoms. The fraction of sp³-hybridized carbons (Fsp3) is 0.571. The lowest BCUT2D eigenvalue weighted by molar-refractivity contribution is 0.268. The summed E-state index contributed by atoms with van der Waals surface area (Å²) in [5.41, 5.74) is 2.85. The highest BCUT2D eigenvalue weighted by molar-refractivity contribution is 5.29. The Labute approximate surface area is 97.7 Å². The Morgan fingerprint density at radius 1 is 1.44 bits per heavy atom. The maximum atomic E-state index is 8.82. The third kappa shape index (κ3) is 3.32. The van der Waals surface area contributed by atoms with Crippen molar-refractivity contribution in [3.63, 3.8) is 0 Å². The molecule has 0 aromatic heterocycles. The SMILES string of the molecule is CC(CCO)NCc1cccc(C2CC2)c1. The van der Waals surface area contributed by atoms with Gasteiger partial charge in [-0.05, 0) is 43.2 Å². The van der Waals surface area contributed by atoms with Crippen molar-refractivity contribution >= 4 is 0 Å². The fourth-order valence-electron chi connectivity index (χ4n) is 1.96. The van der Waals surface area contributed by atoms with Gasteiger partial charge in [-0.25, -0.2) is 0 Å². The van der Waals surface area contributed by atoms with Gasteiger partial charge in [-0.3, -0.25) is 0 Å². The molecule has 1 atom stereocenters. The molecule has 0 radical (unpaired) electrons. The number of hydrogen-bond acceptors (Lipinski definition) is 2. The highest BCUT2D eigenvalue weighted by Gasteiger charge is 2.23. The predicted molar refractivity (Wildman–Crippen MR) is 66.4 cm³/mol. The molecule has 2 N–H and O–H groups in total. The highest BCUT2D eigenvalue weighted by Crippen LogP contribution is 2.40. The molecule has 1 unspecified atom stereocenters. The first-order chi connectivity index (χ1) is 7.79. The second-order valence-electron chi connectivity index (χ2n) is 4.81. The molecule has 1 aliphatic rings. The van der Waals surface area contributed by atoms with Crippen LogP contribution in [0.2, 0.25) is 0 Å². The molecule has 2 nitrogen and oxygen atoms in total. The Balaban J connectivity index is 1.86. The zero-order valence-corrected chi connectivity index (χ0v) is 9.95. The minimum atomic E-state index is 0.260. The highest BCUT2D eigenvalue weighted by atomic mass is 16.3. The van der Waals surface area contributed by atoms with Crippen molar-refractivity contribution in [2.75, 3.05) is 6.61 Å². The minimum absolute atomic E-state index is 0.260. The predicted octanol–water partition coefficient (Wildman–Crippen LogP) is 2.42. The van der Waals surface area contributed by atoms with E-state index in [0.29, 0.717) is 6.04 Å². The summed E-state index contributed by atoms with van der Waals surface area (Å²) in [6.07, 6.45) is 3.54. The van der Waals surface area contributed by atoms with E-state index < -0.39 is 0 Å². The summed E-state index contributed by atoms with van der Waals surface area (Å²) >= 11 is 0. The van der Waals surface area contributed by atoms with Crippen LogP contribution in [0.4, 0.5) is 0 Å². The average molecular weight is 219 g/mol. The monoisotopic (exact) mass is 219 g/mol. The van der Waals surface area contributed by atoms with Crippen LogP contribution in [0.1, 0.15) is 43.2 Å². The quantitative estimate of drug-likeness (QED) is 0.770. The molecule has 0 saturated heterocycles. The molecule has 2 heteroatoms. The van der Waals surface area contributed by atoms with Gasteiger partial charge in [0.25, 0.3) is 0 Å². The van der Waals surface area contributed by atoms with Gasteiger partial charge in [0.1, 0.15) is 0 Å². The van der Waals surface area contributed by atoms with Gasteiger partial charge >= 0.3 is 0 Å². The summed E-state index contributed by atoms with van der Waals surface area (Å²) in [7, 11) is 0. The Bertz CT molecular complexity index is 333. The van der Waals surface area contributed by atoms with Crippen LogP contribution >= 0.6 is 0 Å². The molecule has 0 heterocycles. The van der Waals surface area contributed by atoms with Crippen LogP contribution in [0.25, 0.3) is 0 Å². The van der Waals surface area contributed by atoms with Crippen molar-refractivity contribution in [1.29, 1.82) is 0 Å². The standard InChI is InChI=1S/C14H21NO/c1-11(7-8-16)15-10-12-3-2-4-14(9-12)13-5-6-13/h2-4,9,11,13,15-16H,5-8,10H2,1H3. The molecule has 2 rings (SSSR count). The molecule has 88 valence electrons. The van der Waals surface area contributed by atoms with E-state index in [1.807, 2.05) is 0 Å². The summed E-state index contributed by atoms with van der Waals surface area (Å²) in [5.74, 6) is 0.829. The normalized spacial score (nSPS) is 17.4. The zero-order valence-electron chi connectivity index (χ0n) is 9.95. The summed E-state index contributed by atoms with van der Waals surface area (Å²) in [6.45, 7) is 3.28. The third-order valence-electron chi connectivity index (χ3n) is 3.22. The summed E-state index contributed by atoms with van der Waals surface area (Å²) < 4.78 is 0. The van der Waals surface area contributed by atoms with E-state index in [9.17, 15) is 0 Å². The molecule has 1 aliphatic carbocycles. The van der Waals surface area contributed by atoms with Gasteiger partial charge in [0.05, 0.1) is 0 Å². The molecule has 1 aromatic rings. The molecule has 0 aliphatic heterocycles. The van der Waals surface area contributed by atoms with Gasteiger partial charge in [0.15, 0.2) is 0 Å². The van der Waals surface area contributed by atoms with Crippen LogP contribution in [0, 0.1) is 0 Å². The third-order valence-corrected chi connectivity index (χ3v) is 3.22. The van der Waals surface area contributed by atoms with E-state index in [-0.39, 0.29) is 6.61 Å². The first-order valence-electron chi connectivity index (χ1n) is 6.22. The van der Waals surface area contributed by atoms with Crippen molar-refractivity contribution in [3.8, 4) is 0 Å². The van der Waals surface area contributed by atoms with E-state index in [4.69, 9.17) is 5.11 Å². The van der Waals surface area contributed by atoms with Crippen molar-refractivity contribution in [2.45, 2.75) is 44.7 Å². The molecular weight excluding hydrogens is 198 g/mol. The van der Waals surface area contributed by atoms with Gasteiger partial charge in [-0.15, -0.1) is 0 Å². The largest absolute Gasteiger partial charge is 0.396 e. The molecule has 0 bridgehead atoms. The Morgan fingerprint density at radius 3 is 2.94 bits per heavy atom. The Morgan fingerprint density at radius 2 is 2.25 bits per heavy atom. The molecular formula is C14H21NO. The number of nitrogens with one attached hydrogen (secondary N) is 1. The molecule has 1 fully saturated rings. The second-order valence-corrected chi connectivity index (χ2v) is 4.81. The topological polar surface area (TPSA) is 32.3 Å². The van der Waals surface area contributed by atoms with Gasteiger partial charge in [0, 0.05) is 19.2 Å². The van der Waals surface area contributed by atoms with E-state index in [0.717, 1.165) is 18.9 Å². The molecule has 0 spiro atoms. The maximum Gasteiger partial charge on any atom is 0.0445 e.